The minimum Gasteiger partial charge on any atom is -0.309 e. The van der Waals surface area contributed by atoms with Gasteiger partial charge in [0.2, 0.25) is 5.95 Å². The standard InChI is InChI=1S/C63H40N6/c1-4-19-41(20-5-1)43-35-37-47(38-36-43)67-54-33-16-12-29-50(54)58-56(67)40-57-59(60(58)68-52-31-14-10-27-48(52)49-28-11-15-32-53(49)68)51-30-13-17-34-55(51)69(57)63-65-61(44-23-8-3-9-24-44)64-62(66-63)46-26-18-25-45(39-46)42-21-6-2-7-22-42/h1-40H. The van der Waals surface area contributed by atoms with E-state index in [9.17, 15) is 0 Å². The average molecular weight is 881 g/mol. The van der Waals surface area contributed by atoms with Crippen molar-refractivity contribution in [3.63, 3.8) is 0 Å². The molecule has 322 valence electrons. The lowest BCUT2D eigenvalue weighted by molar-refractivity contribution is 0.953. The van der Waals surface area contributed by atoms with E-state index in [2.05, 4.69) is 232 Å². The van der Waals surface area contributed by atoms with Crippen molar-refractivity contribution in [2.45, 2.75) is 0 Å². The van der Waals surface area contributed by atoms with Gasteiger partial charge in [0.15, 0.2) is 11.6 Å². The molecule has 0 saturated heterocycles. The molecule has 4 heterocycles. The molecule has 0 atom stereocenters. The molecule has 0 fully saturated rings. The van der Waals surface area contributed by atoms with Crippen molar-refractivity contribution >= 4 is 65.4 Å². The maximum atomic E-state index is 5.47. The van der Waals surface area contributed by atoms with Crippen LogP contribution in [0.2, 0.25) is 0 Å². The molecule has 0 amide bonds. The summed E-state index contributed by atoms with van der Waals surface area (Å²) < 4.78 is 7.20. The molecule has 0 unspecified atom stereocenters. The zero-order valence-electron chi connectivity index (χ0n) is 37.3. The number of rotatable bonds is 7. The summed E-state index contributed by atoms with van der Waals surface area (Å²) in [6.07, 6.45) is 0. The summed E-state index contributed by atoms with van der Waals surface area (Å²) in [5.41, 5.74) is 15.0. The Bertz CT molecular complexity index is 4230. The molecule has 14 aromatic rings. The first-order valence-corrected chi connectivity index (χ1v) is 23.4. The number of para-hydroxylation sites is 4. The number of hydrogen-bond acceptors (Lipinski definition) is 3. The Morgan fingerprint density at radius 3 is 1.23 bits per heavy atom. The summed E-state index contributed by atoms with van der Waals surface area (Å²) in [6, 6.07) is 86.3. The van der Waals surface area contributed by atoms with Gasteiger partial charge in [-0.05, 0) is 70.8 Å². The number of fused-ring (bicyclic) bond motifs is 9. The first-order chi connectivity index (χ1) is 34.2. The van der Waals surface area contributed by atoms with Crippen molar-refractivity contribution in [3.05, 3.63) is 243 Å². The highest BCUT2D eigenvalue weighted by atomic mass is 15.2. The third-order valence-electron chi connectivity index (χ3n) is 13.7. The Labute approximate surface area is 397 Å². The van der Waals surface area contributed by atoms with Crippen LogP contribution in [-0.2, 0) is 0 Å². The fraction of sp³-hybridized carbons (Fsp3) is 0. The van der Waals surface area contributed by atoms with Crippen LogP contribution in [0.15, 0.2) is 243 Å². The second-order valence-corrected chi connectivity index (χ2v) is 17.6. The Morgan fingerprint density at radius 1 is 0.246 bits per heavy atom. The van der Waals surface area contributed by atoms with Crippen LogP contribution in [0.5, 0.6) is 0 Å². The van der Waals surface area contributed by atoms with Crippen molar-refractivity contribution in [3.8, 4) is 62.4 Å². The van der Waals surface area contributed by atoms with Gasteiger partial charge >= 0.3 is 0 Å². The zero-order valence-corrected chi connectivity index (χ0v) is 37.3. The SMILES string of the molecule is c1ccc(-c2ccc(-n3c4ccccc4c4c(-n5c6ccccc6c6ccccc65)c5c6ccccc6n(-c6nc(-c7ccccc7)nc(-c7cccc(-c8ccccc8)c7)n6)c5cc43)cc2)cc1. The summed E-state index contributed by atoms with van der Waals surface area (Å²) in [5, 5.41) is 6.95. The predicted molar refractivity (Wildman–Crippen MR) is 285 cm³/mol. The second-order valence-electron chi connectivity index (χ2n) is 17.6. The number of nitrogens with zero attached hydrogens (tertiary/aromatic N) is 6. The lowest BCUT2D eigenvalue weighted by Crippen LogP contribution is -2.07. The molecular weight excluding hydrogens is 841 g/mol. The summed E-state index contributed by atoms with van der Waals surface area (Å²) in [6.45, 7) is 0. The Balaban J connectivity index is 1.14. The molecule has 0 aliphatic rings. The van der Waals surface area contributed by atoms with Gasteiger partial charge in [0.25, 0.3) is 0 Å². The molecule has 0 bridgehead atoms. The Morgan fingerprint density at radius 2 is 0.652 bits per heavy atom. The van der Waals surface area contributed by atoms with Gasteiger partial charge < -0.3 is 9.13 Å². The molecule has 0 aliphatic heterocycles. The number of aromatic nitrogens is 6. The molecule has 0 N–H and O–H groups in total. The van der Waals surface area contributed by atoms with Crippen LogP contribution in [0.4, 0.5) is 0 Å². The van der Waals surface area contributed by atoms with Crippen molar-refractivity contribution in [1.29, 1.82) is 0 Å². The van der Waals surface area contributed by atoms with E-state index in [1.54, 1.807) is 0 Å². The summed E-state index contributed by atoms with van der Waals surface area (Å²) in [5.74, 6) is 1.74. The smallest absolute Gasteiger partial charge is 0.238 e. The summed E-state index contributed by atoms with van der Waals surface area (Å²) in [7, 11) is 0. The van der Waals surface area contributed by atoms with Gasteiger partial charge in [0, 0.05) is 49.1 Å². The first kappa shape index (κ1) is 38.8. The first-order valence-electron chi connectivity index (χ1n) is 23.4. The second kappa shape index (κ2) is 15.6. The lowest BCUT2D eigenvalue weighted by atomic mass is 10.0. The van der Waals surface area contributed by atoms with E-state index in [-0.39, 0.29) is 0 Å². The fourth-order valence-corrected chi connectivity index (χ4v) is 10.6. The minimum atomic E-state index is 0.539. The molecule has 14 rings (SSSR count). The van der Waals surface area contributed by atoms with E-state index in [1.165, 1.54) is 32.7 Å². The number of benzene rings is 10. The largest absolute Gasteiger partial charge is 0.309 e. The van der Waals surface area contributed by atoms with E-state index in [0.717, 1.165) is 77.5 Å². The quantitative estimate of drug-likeness (QED) is 0.160. The molecule has 0 aliphatic carbocycles. The molecule has 6 nitrogen and oxygen atoms in total. The van der Waals surface area contributed by atoms with E-state index < -0.39 is 0 Å². The lowest BCUT2D eigenvalue weighted by Gasteiger charge is -2.15. The van der Waals surface area contributed by atoms with Crippen molar-refractivity contribution in [2.24, 2.45) is 0 Å². The van der Waals surface area contributed by atoms with Crippen molar-refractivity contribution < 1.29 is 0 Å². The fourth-order valence-electron chi connectivity index (χ4n) is 10.6. The van der Waals surface area contributed by atoms with Crippen LogP contribution in [0.25, 0.3) is 128 Å². The molecule has 0 spiro atoms. The third kappa shape index (κ3) is 6.16. The van der Waals surface area contributed by atoms with Crippen LogP contribution < -0.4 is 0 Å². The van der Waals surface area contributed by atoms with E-state index in [0.29, 0.717) is 17.6 Å². The summed E-state index contributed by atoms with van der Waals surface area (Å²) >= 11 is 0. The van der Waals surface area contributed by atoms with Gasteiger partial charge in [-0.1, -0.05) is 194 Å². The van der Waals surface area contributed by atoms with Crippen LogP contribution >= 0.6 is 0 Å². The van der Waals surface area contributed by atoms with Gasteiger partial charge in [-0.3, -0.25) is 4.57 Å². The van der Waals surface area contributed by atoms with Gasteiger partial charge in [-0.15, -0.1) is 0 Å². The van der Waals surface area contributed by atoms with Crippen LogP contribution in [0.1, 0.15) is 0 Å². The van der Waals surface area contributed by atoms with E-state index in [1.807, 2.05) is 24.3 Å². The molecule has 0 saturated carbocycles. The van der Waals surface area contributed by atoms with E-state index in [4.69, 9.17) is 15.0 Å². The maximum Gasteiger partial charge on any atom is 0.238 e. The zero-order chi connectivity index (χ0) is 45.4. The third-order valence-corrected chi connectivity index (χ3v) is 13.7. The Kier molecular flexibility index (Phi) is 8.79. The highest BCUT2D eigenvalue weighted by molar-refractivity contribution is 6.27. The molecule has 6 heteroatoms. The molecule has 69 heavy (non-hydrogen) atoms. The normalized spacial score (nSPS) is 11.8. The van der Waals surface area contributed by atoms with Crippen LogP contribution in [0.3, 0.4) is 0 Å². The van der Waals surface area contributed by atoms with Gasteiger partial charge in [0.05, 0.1) is 38.8 Å². The van der Waals surface area contributed by atoms with Crippen molar-refractivity contribution in [2.75, 3.05) is 0 Å². The molecular formula is C63H40N6. The van der Waals surface area contributed by atoms with Crippen molar-refractivity contribution in [1.82, 2.24) is 28.7 Å². The molecule has 4 aromatic heterocycles. The van der Waals surface area contributed by atoms with Gasteiger partial charge in [-0.2, -0.15) is 9.97 Å². The number of hydrogen-bond donors (Lipinski definition) is 0. The maximum absolute atomic E-state index is 5.47. The Hall–Kier alpha value is -9.39. The highest BCUT2D eigenvalue weighted by Gasteiger charge is 2.27. The van der Waals surface area contributed by atoms with E-state index >= 15 is 0 Å². The predicted octanol–water partition coefficient (Wildman–Crippen LogP) is 15.8. The van der Waals surface area contributed by atoms with Gasteiger partial charge in [0.1, 0.15) is 0 Å². The molecule has 10 aromatic carbocycles. The van der Waals surface area contributed by atoms with Crippen LogP contribution in [-0.4, -0.2) is 28.7 Å². The summed E-state index contributed by atoms with van der Waals surface area (Å²) in [4.78, 5) is 16.1. The topological polar surface area (TPSA) is 53.5 Å². The van der Waals surface area contributed by atoms with Crippen LogP contribution in [0, 0.1) is 0 Å². The van der Waals surface area contributed by atoms with Gasteiger partial charge in [-0.25, -0.2) is 4.98 Å². The average Bonchev–Trinajstić information content (AvgIpc) is 4.07. The minimum absolute atomic E-state index is 0.539. The molecule has 0 radical (unpaired) electrons. The monoisotopic (exact) mass is 880 g/mol. The highest BCUT2D eigenvalue weighted by Crippen LogP contribution is 2.47.